The van der Waals surface area contributed by atoms with Crippen LogP contribution >= 0.6 is 22.6 Å². The molecule has 0 spiro atoms. The van der Waals surface area contributed by atoms with Crippen LogP contribution in [-0.2, 0) is 4.79 Å². The highest BCUT2D eigenvalue weighted by Crippen LogP contribution is 2.18. The smallest absolute Gasteiger partial charge is 0.342 e. The van der Waals surface area contributed by atoms with Gasteiger partial charge in [0, 0.05) is 12.1 Å². The number of halogens is 1. The van der Waals surface area contributed by atoms with Gasteiger partial charge in [0.2, 0.25) is 11.8 Å². The topological polar surface area (TPSA) is 71.7 Å². The Hall–Kier alpha value is -0.920. The number of hydrogen-bond acceptors (Lipinski definition) is 4. The Kier molecular flexibility index (Phi) is 2.79. The predicted molar refractivity (Wildman–Crippen MR) is 48.2 cm³/mol. The van der Waals surface area contributed by atoms with Crippen LogP contribution in [0, 0.1) is 0 Å². The second kappa shape index (κ2) is 3.65. The third-order valence-corrected chi connectivity index (χ3v) is 1.72. The van der Waals surface area contributed by atoms with Crippen molar-refractivity contribution >= 4 is 28.6 Å². The van der Waals surface area contributed by atoms with E-state index in [1.807, 2.05) is 22.6 Å². The van der Waals surface area contributed by atoms with E-state index >= 15 is 0 Å². The van der Waals surface area contributed by atoms with Crippen LogP contribution in [0.25, 0.3) is 0 Å². The molecule has 1 aromatic heterocycles. The highest BCUT2D eigenvalue weighted by molar-refractivity contribution is 14.1. The average molecular weight is 283 g/mol. The number of rotatable bonds is 2. The van der Waals surface area contributed by atoms with Crippen LogP contribution in [0.3, 0.4) is 0 Å². The van der Waals surface area contributed by atoms with Crippen LogP contribution in [0.5, 0.6) is 11.8 Å². The maximum Gasteiger partial charge on any atom is 0.342 e. The molecule has 0 atom stereocenters. The first-order chi connectivity index (χ1) is 5.65. The predicted octanol–water partition coefficient (Wildman–Crippen LogP) is 0.289. The van der Waals surface area contributed by atoms with E-state index in [1.165, 1.54) is 12.1 Å². The zero-order valence-corrected chi connectivity index (χ0v) is 8.06. The lowest BCUT2D eigenvalue weighted by Crippen LogP contribution is -2.19. The Morgan fingerprint density at radius 1 is 1.50 bits per heavy atom. The molecule has 0 aliphatic rings. The third kappa shape index (κ3) is 1.81. The minimum atomic E-state index is -0.544. The van der Waals surface area contributed by atoms with Gasteiger partial charge >= 0.3 is 5.97 Å². The zero-order chi connectivity index (χ0) is 9.14. The van der Waals surface area contributed by atoms with E-state index < -0.39 is 5.97 Å². The van der Waals surface area contributed by atoms with Gasteiger partial charge in [0.05, 0.1) is 0 Å². The summed E-state index contributed by atoms with van der Waals surface area (Å²) in [5, 5.41) is 18.0. The largest absolute Gasteiger partial charge is 0.492 e. The number of hydrogen-bond donors (Lipinski definition) is 2. The molecule has 66 valence electrons. The lowest BCUT2D eigenvalue weighted by atomic mass is 10.6. The van der Waals surface area contributed by atoms with Crippen LogP contribution in [0.2, 0.25) is 0 Å². The first kappa shape index (κ1) is 9.17. The summed E-state index contributed by atoms with van der Waals surface area (Å²) in [6.07, 6.45) is 0. The molecular formula is C6H6INO4. The minimum Gasteiger partial charge on any atom is -0.492 e. The monoisotopic (exact) mass is 283 g/mol. The Balaban J connectivity index is 2.80. The molecule has 1 aromatic rings. The van der Waals surface area contributed by atoms with Crippen LogP contribution in [0.4, 0.5) is 0 Å². The van der Waals surface area contributed by atoms with Crippen molar-refractivity contribution in [3.63, 3.8) is 0 Å². The summed E-state index contributed by atoms with van der Waals surface area (Å²) in [7, 11) is 0. The number of aromatic nitrogens is 1. The molecule has 0 aliphatic heterocycles. The summed E-state index contributed by atoms with van der Waals surface area (Å²) in [5.74, 6) is -1.17. The lowest BCUT2D eigenvalue weighted by molar-refractivity contribution is -0.141. The molecule has 0 amide bonds. The second-order valence-electron chi connectivity index (χ2n) is 1.94. The van der Waals surface area contributed by atoms with Crippen molar-refractivity contribution in [2.45, 2.75) is 0 Å². The van der Waals surface area contributed by atoms with Crippen molar-refractivity contribution in [3.8, 4) is 11.8 Å². The van der Waals surface area contributed by atoms with Gasteiger partial charge in [0.15, 0.2) is 0 Å². The average Bonchev–Trinajstić information content (AvgIpc) is 2.35. The summed E-state index contributed by atoms with van der Waals surface area (Å²) in [4.78, 5) is 15.2. The zero-order valence-electron chi connectivity index (χ0n) is 5.90. The van der Waals surface area contributed by atoms with Gasteiger partial charge in [-0.1, -0.05) is 22.6 Å². The van der Waals surface area contributed by atoms with E-state index in [9.17, 15) is 4.79 Å². The van der Waals surface area contributed by atoms with Gasteiger partial charge in [-0.25, -0.2) is 4.79 Å². The number of carbonyl (C=O) groups excluding carboxylic acids is 1. The molecule has 2 N–H and O–H groups in total. The SMILES string of the molecule is O=C(CI)On1c(O)ccc1O. The summed E-state index contributed by atoms with van der Waals surface area (Å²) < 4.78 is 0.801. The van der Waals surface area contributed by atoms with Gasteiger partial charge in [-0.05, 0) is 0 Å². The molecule has 1 heterocycles. The molecule has 0 fully saturated rings. The third-order valence-electron chi connectivity index (χ3n) is 1.10. The van der Waals surface area contributed by atoms with Crippen LogP contribution in [0.15, 0.2) is 12.1 Å². The summed E-state index contributed by atoms with van der Waals surface area (Å²) in [6, 6.07) is 2.44. The Morgan fingerprint density at radius 2 is 2.00 bits per heavy atom. The summed E-state index contributed by atoms with van der Waals surface area (Å²) >= 11 is 1.81. The lowest BCUT2D eigenvalue weighted by Gasteiger charge is -2.03. The molecule has 5 nitrogen and oxygen atoms in total. The minimum absolute atomic E-state index is 0.148. The highest BCUT2D eigenvalue weighted by Gasteiger charge is 2.10. The van der Waals surface area contributed by atoms with Gasteiger partial charge in [0.25, 0.3) is 0 Å². The van der Waals surface area contributed by atoms with E-state index in [0.717, 1.165) is 0 Å². The fourth-order valence-corrected chi connectivity index (χ4v) is 0.761. The molecule has 0 aromatic carbocycles. The Bertz CT molecular complexity index is 276. The quantitative estimate of drug-likeness (QED) is 0.604. The first-order valence-corrected chi connectivity index (χ1v) is 4.54. The standard InChI is InChI=1S/C6H6INO4/c7-3-6(11)12-8-4(9)1-2-5(8)10/h1-2,9-10H,3H2. The van der Waals surface area contributed by atoms with Gasteiger partial charge in [0.1, 0.15) is 4.43 Å². The van der Waals surface area contributed by atoms with Crippen molar-refractivity contribution in [1.29, 1.82) is 0 Å². The van der Waals surface area contributed by atoms with Gasteiger partial charge in [-0.2, -0.15) is 0 Å². The fraction of sp³-hybridized carbons (Fsp3) is 0.167. The van der Waals surface area contributed by atoms with Crippen molar-refractivity contribution < 1.29 is 19.8 Å². The van der Waals surface area contributed by atoms with Crippen LogP contribution < -0.4 is 4.84 Å². The highest BCUT2D eigenvalue weighted by atomic mass is 127. The second-order valence-corrected chi connectivity index (χ2v) is 2.70. The normalized spacial score (nSPS) is 9.75. The van der Waals surface area contributed by atoms with Crippen molar-refractivity contribution in [2.75, 3.05) is 4.43 Å². The van der Waals surface area contributed by atoms with E-state index in [0.29, 0.717) is 4.73 Å². The van der Waals surface area contributed by atoms with Crippen LogP contribution in [-0.4, -0.2) is 25.3 Å². The molecule has 12 heavy (non-hydrogen) atoms. The van der Waals surface area contributed by atoms with Crippen molar-refractivity contribution in [1.82, 2.24) is 4.73 Å². The number of alkyl halides is 1. The maximum absolute atomic E-state index is 10.7. The Labute approximate surface area is 81.7 Å². The van der Waals surface area contributed by atoms with E-state index in [-0.39, 0.29) is 16.2 Å². The van der Waals surface area contributed by atoms with Crippen LogP contribution in [0.1, 0.15) is 0 Å². The van der Waals surface area contributed by atoms with Crippen molar-refractivity contribution in [2.24, 2.45) is 0 Å². The molecule has 0 bridgehead atoms. The molecule has 1 rings (SSSR count). The maximum atomic E-state index is 10.7. The molecule has 6 heteroatoms. The summed E-state index contributed by atoms with van der Waals surface area (Å²) in [6.45, 7) is 0. The molecular weight excluding hydrogens is 277 g/mol. The summed E-state index contributed by atoms with van der Waals surface area (Å²) in [5.41, 5.74) is 0. The van der Waals surface area contributed by atoms with E-state index in [4.69, 9.17) is 10.2 Å². The molecule has 0 aliphatic carbocycles. The molecule has 0 radical (unpaired) electrons. The number of nitrogens with zero attached hydrogens (tertiary/aromatic N) is 1. The fourth-order valence-electron chi connectivity index (χ4n) is 0.622. The van der Waals surface area contributed by atoms with E-state index in [1.54, 1.807) is 0 Å². The van der Waals surface area contributed by atoms with Gasteiger partial charge < -0.3 is 15.1 Å². The molecule has 0 saturated heterocycles. The van der Waals surface area contributed by atoms with Gasteiger partial charge in [-0.3, -0.25) is 0 Å². The first-order valence-electron chi connectivity index (χ1n) is 3.02. The van der Waals surface area contributed by atoms with Gasteiger partial charge in [-0.15, -0.1) is 4.73 Å². The number of aromatic hydroxyl groups is 2. The molecule has 0 unspecified atom stereocenters. The Morgan fingerprint density at radius 3 is 2.42 bits per heavy atom. The van der Waals surface area contributed by atoms with E-state index in [2.05, 4.69) is 4.84 Å². The van der Waals surface area contributed by atoms with Crippen molar-refractivity contribution in [3.05, 3.63) is 12.1 Å². The number of carbonyl (C=O) groups is 1. The molecule has 0 saturated carbocycles.